The molecule has 1 heterocycles. The average Bonchev–Trinajstić information content (AvgIpc) is 2.77. The highest BCUT2D eigenvalue weighted by Gasteiger charge is 2.31. The zero-order chi connectivity index (χ0) is 24.0. The molecule has 9 heteroatoms. The second kappa shape index (κ2) is 11.1. The lowest BCUT2D eigenvalue weighted by atomic mass is 9.97. The van der Waals surface area contributed by atoms with Crippen LogP contribution in [0.1, 0.15) is 42.6 Å². The first-order valence-corrected chi connectivity index (χ1v) is 13.0. The molecule has 2 amide bonds. The highest BCUT2D eigenvalue weighted by atomic mass is 35.5. The van der Waals surface area contributed by atoms with Gasteiger partial charge in [-0.2, -0.15) is 0 Å². The van der Waals surface area contributed by atoms with E-state index in [1.807, 2.05) is 13.8 Å². The molecule has 178 valence electrons. The van der Waals surface area contributed by atoms with Gasteiger partial charge in [-0.25, -0.2) is 12.7 Å². The molecular formula is C24H30ClN3O4S. The summed E-state index contributed by atoms with van der Waals surface area (Å²) < 4.78 is 27.0. The molecule has 7 nitrogen and oxygen atoms in total. The van der Waals surface area contributed by atoms with Gasteiger partial charge in [0.15, 0.2) is 0 Å². The smallest absolute Gasteiger partial charge is 0.253 e. The molecule has 0 saturated carbocycles. The summed E-state index contributed by atoms with van der Waals surface area (Å²) in [4.78, 5) is 25.4. The zero-order valence-corrected chi connectivity index (χ0v) is 20.5. The Morgan fingerprint density at radius 3 is 2.45 bits per heavy atom. The number of carbonyl (C=O) groups is 2. The molecule has 2 aromatic carbocycles. The Morgan fingerprint density at radius 1 is 1.09 bits per heavy atom. The van der Waals surface area contributed by atoms with Crippen molar-refractivity contribution in [1.82, 2.24) is 9.62 Å². The van der Waals surface area contributed by atoms with E-state index >= 15 is 0 Å². The van der Waals surface area contributed by atoms with Gasteiger partial charge in [-0.05, 0) is 48.6 Å². The third-order valence-corrected chi connectivity index (χ3v) is 7.64. The number of sulfonamides is 1. The summed E-state index contributed by atoms with van der Waals surface area (Å²) in [5.41, 5.74) is 1.50. The zero-order valence-electron chi connectivity index (χ0n) is 18.9. The number of nitrogens with one attached hydrogen (secondary N) is 2. The molecule has 3 rings (SSSR count). The van der Waals surface area contributed by atoms with Crippen LogP contribution < -0.4 is 10.6 Å². The number of nitrogens with zero attached hydrogens (tertiary/aromatic N) is 1. The third kappa shape index (κ3) is 7.03. The number of halogens is 1. The number of hydrogen-bond donors (Lipinski definition) is 2. The highest BCUT2D eigenvalue weighted by Crippen LogP contribution is 2.25. The van der Waals surface area contributed by atoms with Crippen molar-refractivity contribution >= 4 is 39.1 Å². The van der Waals surface area contributed by atoms with E-state index in [4.69, 9.17) is 11.6 Å². The second-order valence-electron chi connectivity index (χ2n) is 8.70. The third-order valence-electron chi connectivity index (χ3n) is 5.56. The van der Waals surface area contributed by atoms with Crippen LogP contribution in [0.2, 0.25) is 5.02 Å². The van der Waals surface area contributed by atoms with Crippen molar-refractivity contribution in [3.63, 3.8) is 0 Å². The Hall–Kier alpha value is -2.42. The molecule has 0 aliphatic carbocycles. The number of carbonyl (C=O) groups excluding carboxylic acids is 2. The van der Waals surface area contributed by atoms with Crippen LogP contribution in [0.5, 0.6) is 0 Å². The standard InChI is InChI=1S/C24H30ClN3O4S/c1-17(2)15-26-24(30)21-8-3-4-9-22(21)27-23(29)19-10-12-28(13-11-19)33(31,32)16-18-6-5-7-20(25)14-18/h3-9,14,17,19H,10-13,15-16H2,1-2H3,(H,26,30)(H,27,29). The minimum Gasteiger partial charge on any atom is -0.352 e. The lowest BCUT2D eigenvalue weighted by Crippen LogP contribution is -2.42. The molecule has 0 aromatic heterocycles. The fourth-order valence-corrected chi connectivity index (χ4v) is 5.51. The number of hydrogen-bond acceptors (Lipinski definition) is 4. The molecule has 0 unspecified atom stereocenters. The quantitative estimate of drug-likeness (QED) is 0.585. The fourth-order valence-electron chi connectivity index (χ4n) is 3.74. The SMILES string of the molecule is CC(C)CNC(=O)c1ccccc1NC(=O)C1CCN(S(=O)(=O)Cc2cccc(Cl)c2)CC1. The molecule has 1 saturated heterocycles. The van der Waals surface area contributed by atoms with Crippen LogP contribution in [0.3, 0.4) is 0 Å². The van der Waals surface area contributed by atoms with Gasteiger partial charge < -0.3 is 10.6 Å². The molecule has 2 N–H and O–H groups in total. The largest absolute Gasteiger partial charge is 0.352 e. The monoisotopic (exact) mass is 491 g/mol. The number of rotatable bonds is 8. The lowest BCUT2D eigenvalue weighted by Gasteiger charge is -2.30. The van der Waals surface area contributed by atoms with Gasteiger partial charge in [0.25, 0.3) is 5.91 Å². The lowest BCUT2D eigenvalue weighted by molar-refractivity contribution is -0.120. The van der Waals surface area contributed by atoms with Crippen LogP contribution in [0, 0.1) is 11.8 Å². The Kier molecular flexibility index (Phi) is 8.51. The van der Waals surface area contributed by atoms with Crippen LogP contribution in [-0.4, -0.2) is 44.2 Å². The summed E-state index contributed by atoms with van der Waals surface area (Å²) in [7, 11) is -3.50. The van der Waals surface area contributed by atoms with Crippen LogP contribution in [0.15, 0.2) is 48.5 Å². The summed E-state index contributed by atoms with van der Waals surface area (Å²) >= 11 is 5.96. The molecule has 0 bridgehead atoms. The summed E-state index contributed by atoms with van der Waals surface area (Å²) in [6, 6.07) is 13.7. The van der Waals surface area contributed by atoms with Crippen molar-refractivity contribution in [2.24, 2.45) is 11.8 Å². The maximum Gasteiger partial charge on any atom is 0.253 e. The number of para-hydroxylation sites is 1. The molecular weight excluding hydrogens is 462 g/mol. The predicted molar refractivity (Wildman–Crippen MR) is 131 cm³/mol. The van der Waals surface area contributed by atoms with Crippen LogP contribution in [0.25, 0.3) is 0 Å². The Bertz CT molecular complexity index is 1100. The second-order valence-corrected chi connectivity index (χ2v) is 11.1. The van der Waals surface area contributed by atoms with Crippen molar-refractivity contribution < 1.29 is 18.0 Å². The molecule has 33 heavy (non-hydrogen) atoms. The van der Waals surface area contributed by atoms with Gasteiger partial charge in [0.1, 0.15) is 0 Å². The number of benzene rings is 2. The van der Waals surface area contributed by atoms with Crippen LogP contribution >= 0.6 is 11.6 Å². The maximum atomic E-state index is 12.9. The van der Waals surface area contributed by atoms with Crippen LogP contribution in [0.4, 0.5) is 5.69 Å². The first-order chi connectivity index (χ1) is 15.7. The van der Waals surface area contributed by atoms with Crippen molar-refractivity contribution in [2.75, 3.05) is 25.0 Å². The number of amides is 2. The van der Waals surface area contributed by atoms with Crippen molar-refractivity contribution in [3.8, 4) is 0 Å². The first kappa shape index (κ1) is 25.2. The predicted octanol–water partition coefficient (Wildman–Crippen LogP) is 3.91. The van der Waals surface area contributed by atoms with E-state index in [2.05, 4.69) is 10.6 Å². The number of anilines is 1. The van der Waals surface area contributed by atoms with E-state index in [-0.39, 0.29) is 36.6 Å². The van der Waals surface area contributed by atoms with Gasteiger partial charge in [-0.15, -0.1) is 0 Å². The molecule has 1 aliphatic rings. The summed E-state index contributed by atoms with van der Waals surface area (Å²) in [5, 5.41) is 6.23. The Balaban J connectivity index is 1.58. The van der Waals surface area contributed by atoms with E-state index in [0.717, 1.165) is 0 Å². The molecule has 2 aromatic rings. The summed E-state index contributed by atoms with van der Waals surface area (Å²) in [5.74, 6) is -0.568. The van der Waals surface area contributed by atoms with Gasteiger partial charge in [-0.3, -0.25) is 9.59 Å². The van der Waals surface area contributed by atoms with E-state index in [1.165, 1.54) is 4.31 Å². The topological polar surface area (TPSA) is 95.6 Å². The number of piperidine rings is 1. The van der Waals surface area contributed by atoms with Crippen molar-refractivity contribution in [1.29, 1.82) is 0 Å². The summed E-state index contributed by atoms with van der Waals surface area (Å²) in [6.07, 6.45) is 0.838. The molecule has 1 fully saturated rings. The van der Waals surface area contributed by atoms with Gasteiger partial charge in [-0.1, -0.05) is 49.7 Å². The normalized spacial score (nSPS) is 15.4. The molecule has 1 aliphatic heterocycles. The minimum absolute atomic E-state index is 0.122. The van der Waals surface area contributed by atoms with E-state index in [1.54, 1.807) is 48.5 Å². The van der Waals surface area contributed by atoms with Crippen molar-refractivity contribution in [3.05, 3.63) is 64.7 Å². The minimum atomic E-state index is -3.50. The first-order valence-electron chi connectivity index (χ1n) is 11.1. The maximum absolute atomic E-state index is 12.9. The fraction of sp³-hybridized carbons (Fsp3) is 0.417. The highest BCUT2D eigenvalue weighted by molar-refractivity contribution is 7.88. The Labute approximate surface area is 200 Å². The molecule has 0 radical (unpaired) electrons. The van der Waals surface area contributed by atoms with E-state index in [9.17, 15) is 18.0 Å². The van der Waals surface area contributed by atoms with Gasteiger partial charge >= 0.3 is 0 Å². The van der Waals surface area contributed by atoms with E-state index < -0.39 is 10.0 Å². The van der Waals surface area contributed by atoms with Gasteiger partial charge in [0.05, 0.1) is 17.0 Å². The van der Waals surface area contributed by atoms with Gasteiger partial charge in [0, 0.05) is 30.6 Å². The summed E-state index contributed by atoms with van der Waals surface area (Å²) in [6.45, 7) is 5.11. The van der Waals surface area contributed by atoms with Crippen molar-refractivity contribution in [2.45, 2.75) is 32.4 Å². The van der Waals surface area contributed by atoms with E-state index in [0.29, 0.717) is 47.1 Å². The Morgan fingerprint density at radius 2 is 1.79 bits per heavy atom. The molecule has 0 spiro atoms. The van der Waals surface area contributed by atoms with Crippen LogP contribution in [-0.2, 0) is 20.6 Å². The average molecular weight is 492 g/mol. The molecule has 0 atom stereocenters. The van der Waals surface area contributed by atoms with Gasteiger partial charge in [0.2, 0.25) is 15.9 Å².